The Morgan fingerprint density at radius 3 is 2.27 bits per heavy atom. The second kappa shape index (κ2) is 12.3. The lowest BCUT2D eigenvalue weighted by atomic mass is 9.89. The summed E-state index contributed by atoms with van der Waals surface area (Å²) in [5.41, 5.74) is 2.12. The molecule has 1 atom stereocenters. The first-order valence-electron chi connectivity index (χ1n) is 13.2. The van der Waals surface area contributed by atoms with Crippen LogP contribution < -0.4 is 4.90 Å². The van der Waals surface area contributed by atoms with Gasteiger partial charge in [0, 0.05) is 10.6 Å². The van der Waals surface area contributed by atoms with E-state index in [4.69, 9.17) is 27.9 Å². The predicted octanol–water partition coefficient (Wildman–Crippen LogP) is 5.62. The Kier molecular flexibility index (Phi) is 8.64. The van der Waals surface area contributed by atoms with Crippen LogP contribution in [0.2, 0.25) is 10.0 Å². The molecule has 9 heteroatoms. The molecule has 0 bridgehead atoms. The molecule has 0 N–H and O–H groups in total. The number of piperidine rings is 1. The monoisotopic (exact) mass is 578 g/mol. The van der Waals surface area contributed by atoms with Gasteiger partial charge < -0.3 is 4.74 Å². The average molecular weight is 579 g/mol. The number of nitrogens with zero attached hydrogens (tertiary/aromatic N) is 2. The van der Waals surface area contributed by atoms with E-state index in [-0.39, 0.29) is 34.4 Å². The number of rotatable bonds is 8. The Balaban J connectivity index is 1.15. The minimum atomic E-state index is -0.708. The number of ether oxygens (including phenoxy) is 1. The van der Waals surface area contributed by atoms with Crippen molar-refractivity contribution in [3.63, 3.8) is 0 Å². The van der Waals surface area contributed by atoms with Gasteiger partial charge in [0.15, 0.2) is 6.61 Å². The van der Waals surface area contributed by atoms with Crippen LogP contribution in [0.15, 0.2) is 72.8 Å². The number of likely N-dealkylation sites (tertiary alicyclic amines) is 1. The molecule has 2 aliphatic rings. The largest absolute Gasteiger partial charge is 0.454 e. The lowest BCUT2D eigenvalue weighted by Gasteiger charge is -2.34. The van der Waals surface area contributed by atoms with Crippen LogP contribution in [0, 0.1) is 5.92 Å². The molecule has 5 rings (SSSR count). The summed E-state index contributed by atoms with van der Waals surface area (Å²) < 4.78 is 5.15. The Morgan fingerprint density at radius 2 is 1.60 bits per heavy atom. The molecule has 0 saturated carbocycles. The summed E-state index contributed by atoms with van der Waals surface area (Å²) in [6, 6.07) is 20.4. The second-order valence-corrected chi connectivity index (χ2v) is 11.0. The number of imide groups is 1. The van der Waals surface area contributed by atoms with Gasteiger partial charge in [0.25, 0.3) is 5.91 Å². The first kappa shape index (κ1) is 28.0. The van der Waals surface area contributed by atoms with Crippen molar-refractivity contribution >= 4 is 52.5 Å². The topological polar surface area (TPSA) is 84.0 Å². The Morgan fingerprint density at radius 1 is 0.900 bits per heavy atom. The third kappa shape index (κ3) is 6.28. The normalized spacial score (nSPS) is 18.2. The van der Waals surface area contributed by atoms with Gasteiger partial charge in [-0.2, -0.15) is 0 Å². The van der Waals surface area contributed by atoms with Crippen LogP contribution in [0.1, 0.15) is 45.5 Å². The van der Waals surface area contributed by atoms with Crippen molar-refractivity contribution in [1.29, 1.82) is 0 Å². The van der Waals surface area contributed by atoms with E-state index in [0.29, 0.717) is 16.6 Å². The van der Waals surface area contributed by atoms with E-state index in [9.17, 15) is 19.2 Å². The van der Waals surface area contributed by atoms with Crippen molar-refractivity contribution in [2.24, 2.45) is 5.92 Å². The molecule has 3 aromatic carbocycles. The van der Waals surface area contributed by atoms with Crippen molar-refractivity contribution in [2.75, 3.05) is 24.6 Å². The molecule has 1 unspecified atom stereocenters. The number of anilines is 1. The molecule has 40 heavy (non-hydrogen) atoms. The van der Waals surface area contributed by atoms with Gasteiger partial charge in [0.1, 0.15) is 0 Å². The van der Waals surface area contributed by atoms with Crippen molar-refractivity contribution in [2.45, 2.75) is 31.7 Å². The van der Waals surface area contributed by atoms with E-state index in [1.807, 2.05) is 6.07 Å². The number of ketones is 1. The number of Topliss-reactive ketones (excluding diaryl/α,β-unsaturated/α-hetero) is 1. The minimum absolute atomic E-state index is 0.140. The fourth-order valence-electron chi connectivity index (χ4n) is 5.34. The minimum Gasteiger partial charge on any atom is -0.454 e. The van der Waals surface area contributed by atoms with Gasteiger partial charge in [-0.15, -0.1) is 0 Å². The van der Waals surface area contributed by atoms with Gasteiger partial charge in [0.2, 0.25) is 11.7 Å². The number of hydrogen-bond donors (Lipinski definition) is 0. The fourth-order valence-corrected chi connectivity index (χ4v) is 5.86. The number of esters is 1. The summed E-state index contributed by atoms with van der Waals surface area (Å²) in [5.74, 6) is -1.11. The zero-order chi connectivity index (χ0) is 28.2. The number of hydrogen-bond acceptors (Lipinski definition) is 6. The Hall–Kier alpha value is -3.52. The molecule has 2 heterocycles. The molecule has 3 aromatic rings. The summed E-state index contributed by atoms with van der Waals surface area (Å²) in [5, 5.41) is 0.566. The zero-order valence-electron chi connectivity index (χ0n) is 21.7. The maximum atomic E-state index is 13.3. The predicted molar refractivity (Wildman–Crippen MR) is 153 cm³/mol. The van der Waals surface area contributed by atoms with Gasteiger partial charge in [0.05, 0.1) is 28.7 Å². The maximum absolute atomic E-state index is 13.3. The molecular weight excluding hydrogens is 551 g/mol. The summed E-state index contributed by atoms with van der Waals surface area (Å²) in [6.07, 6.45) is 3.13. The third-order valence-corrected chi connectivity index (χ3v) is 8.05. The van der Waals surface area contributed by atoms with Gasteiger partial charge in [-0.1, -0.05) is 53.5 Å². The fraction of sp³-hybridized carbons (Fsp3) is 0.290. The highest BCUT2D eigenvalue weighted by Crippen LogP contribution is 2.30. The van der Waals surface area contributed by atoms with E-state index in [0.717, 1.165) is 32.4 Å². The molecule has 2 aliphatic heterocycles. The highest BCUT2D eigenvalue weighted by Gasteiger charge is 2.43. The van der Waals surface area contributed by atoms with Crippen LogP contribution in [-0.2, 0) is 20.7 Å². The van der Waals surface area contributed by atoms with E-state index in [1.54, 1.807) is 12.1 Å². The molecule has 0 aliphatic carbocycles. The number of amides is 2. The molecular formula is C31H28Cl2N2O5. The molecule has 0 spiro atoms. The van der Waals surface area contributed by atoms with Crippen molar-refractivity contribution in [3.05, 3.63) is 99.5 Å². The zero-order valence-corrected chi connectivity index (χ0v) is 23.2. The highest BCUT2D eigenvalue weighted by atomic mass is 35.5. The molecule has 0 aromatic heterocycles. The van der Waals surface area contributed by atoms with Crippen LogP contribution in [0.5, 0.6) is 0 Å². The van der Waals surface area contributed by atoms with Gasteiger partial charge >= 0.3 is 5.97 Å². The van der Waals surface area contributed by atoms with Crippen molar-refractivity contribution in [1.82, 2.24) is 4.90 Å². The van der Waals surface area contributed by atoms with Gasteiger partial charge in [-0.3, -0.25) is 19.3 Å². The molecule has 0 radical (unpaired) electrons. The standard InChI is InChI=1S/C31H28Cl2N2O5/c32-23-8-11-25(26(33)17-23)28(36)19-40-31(39)22-6-9-24(10-7-22)35-29(37)18-27(30(35)38)34-14-12-21(13-15-34)16-20-4-2-1-3-5-20/h1-11,17,21,27H,12-16,18-19H2. The second-order valence-electron chi connectivity index (χ2n) is 10.1. The number of carbonyl (C=O) groups is 4. The van der Waals surface area contributed by atoms with Gasteiger partial charge in [-0.05, 0) is 86.3 Å². The molecule has 2 saturated heterocycles. The van der Waals surface area contributed by atoms with Crippen LogP contribution in [0.3, 0.4) is 0 Å². The summed E-state index contributed by atoms with van der Waals surface area (Å²) in [4.78, 5) is 54.3. The smallest absolute Gasteiger partial charge is 0.338 e. The molecule has 206 valence electrons. The molecule has 7 nitrogen and oxygen atoms in total. The highest BCUT2D eigenvalue weighted by molar-refractivity contribution is 6.36. The van der Waals surface area contributed by atoms with Crippen molar-refractivity contribution < 1.29 is 23.9 Å². The van der Waals surface area contributed by atoms with Crippen LogP contribution >= 0.6 is 23.2 Å². The van der Waals surface area contributed by atoms with Gasteiger partial charge in [-0.25, -0.2) is 9.69 Å². The number of halogens is 2. The van der Waals surface area contributed by atoms with E-state index >= 15 is 0 Å². The third-order valence-electron chi connectivity index (χ3n) is 7.51. The molecule has 2 amide bonds. The SMILES string of the molecule is O=C(OCC(=O)c1ccc(Cl)cc1Cl)c1ccc(N2C(=O)CC(N3CCC(Cc4ccccc4)CC3)C2=O)cc1. The summed E-state index contributed by atoms with van der Waals surface area (Å²) in [7, 11) is 0. The Bertz CT molecular complexity index is 1420. The lowest BCUT2D eigenvalue weighted by Crippen LogP contribution is -2.46. The van der Waals surface area contributed by atoms with Crippen LogP contribution in [0.25, 0.3) is 0 Å². The number of carbonyl (C=O) groups excluding carboxylic acids is 4. The van der Waals surface area contributed by atoms with E-state index < -0.39 is 24.4 Å². The van der Waals surface area contributed by atoms with E-state index in [1.165, 1.54) is 40.8 Å². The van der Waals surface area contributed by atoms with Crippen molar-refractivity contribution in [3.8, 4) is 0 Å². The lowest BCUT2D eigenvalue weighted by molar-refractivity contribution is -0.123. The summed E-state index contributed by atoms with van der Waals surface area (Å²) in [6.45, 7) is 1.06. The van der Waals surface area contributed by atoms with Crippen LogP contribution in [-0.4, -0.2) is 54.2 Å². The quantitative estimate of drug-likeness (QED) is 0.196. The first-order valence-corrected chi connectivity index (χ1v) is 14.0. The average Bonchev–Trinajstić information content (AvgIpc) is 3.26. The van der Waals surface area contributed by atoms with Crippen LogP contribution in [0.4, 0.5) is 5.69 Å². The molecule has 2 fully saturated rings. The number of benzene rings is 3. The van der Waals surface area contributed by atoms with E-state index in [2.05, 4.69) is 29.2 Å². The maximum Gasteiger partial charge on any atom is 0.338 e. The first-order chi connectivity index (χ1) is 19.3. The summed E-state index contributed by atoms with van der Waals surface area (Å²) >= 11 is 11.9. The Labute approximate surface area is 242 Å².